The van der Waals surface area contributed by atoms with Gasteiger partial charge in [-0.3, -0.25) is 4.79 Å². The van der Waals surface area contributed by atoms with Gasteiger partial charge in [-0.1, -0.05) is 20.8 Å². The summed E-state index contributed by atoms with van der Waals surface area (Å²) in [6.07, 6.45) is 2.34. The zero-order valence-corrected chi connectivity index (χ0v) is 11.8. The molecule has 3 nitrogen and oxygen atoms in total. The molecule has 1 aromatic carbocycles. The average molecular weight is 264 g/mol. The number of nitrogens with one attached hydrogen (secondary N) is 1. The zero-order chi connectivity index (χ0) is 14.0. The molecule has 1 aliphatic heterocycles. The van der Waals surface area contributed by atoms with Crippen LogP contribution in [0.1, 0.15) is 33.6 Å². The van der Waals surface area contributed by atoms with Crippen LogP contribution < -0.4 is 10.2 Å². The van der Waals surface area contributed by atoms with Crippen molar-refractivity contribution in [3.8, 4) is 0 Å². The molecule has 19 heavy (non-hydrogen) atoms. The van der Waals surface area contributed by atoms with E-state index >= 15 is 0 Å². The second kappa shape index (κ2) is 5.19. The summed E-state index contributed by atoms with van der Waals surface area (Å²) in [5.74, 6) is -0.564. The molecule has 0 aromatic heterocycles. The molecule has 4 heteroatoms. The van der Waals surface area contributed by atoms with E-state index in [1.807, 2.05) is 20.8 Å². The van der Waals surface area contributed by atoms with Crippen molar-refractivity contribution in [2.75, 3.05) is 23.3 Å². The molecular weight excluding hydrogens is 243 g/mol. The van der Waals surface area contributed by atoms with Crippen LogP contribution in [0.4, 0.5) is 15.8 Å². The van der Waals surface area contributed by atoms with Crippen molar-refractivity contribution in [2.24, 2.45) is 5.41 Å². The van der Waals surface area contributed by atoms with Crippen LogP contribution in [0, 0.1) is 11.2 Å². The Morgan fingerprint density at radius 1 is 1.26 bits per heavy atom. The minimum Gasteiger partial charge on any atom is -0.371 e. The van der Waals surface area contributed by atoms with Gasteiger partial charge in [0.05, 0.1) is 5.69 Å². The van der Waals surface area contributed by atoms with Crippen LogP contribution in [0.25, 0.3) is 0 Å². The Balaban J connectivity index is 2.20. The summed E-state index contributed by atoms with van der Waals surface area (Å²) in [4.78, 5) is 14.1. The number of benzene rings is 1. The van der Waals surface area contributed by atoms with Gasteiger partial charge in [0, 0.05) is 24.2 Å². The second-order valence-electron chi connectivity index (χ2n) is 6.06. The van der Waals surface area contributed by atoms with E-state index < -0.39 is 5.41 Å². The summed E-state index contributed by atoms with van der Waals surface area (Å²) in [7, 11) is 0. The highest BCUT2D eigenvalue weighted by molar-refractivity contribution is 5.95. The molecule has 0 saturated carbocycles. The van der Waals surface area contributed by atoms with Crippen molar-refractivity contribution in [1.29, 1.82) is 0 Å². The predicted molar refractivity (Wildman–Crippen MR) is 75.9 cm³/mol. The lowest BCUT2D eigenvalue weighted by molar-refractivity contribution is -0.123. The Labute approximate surface area is 113 Å². The first-order chi connectivity index (χ1) is 8.88. The summed E-state index contributed by atoms with van der Waals surface area (Å²) < 4.78 is 13.8. The van der Waals surface area contributed by atoms with E-state index in [0.717, 1.165) is 18.8 Å². The molecular formula is C15H21FN2O. The number of halogens is 1. The van der Waals surface area contributed by atoms with Crippen molar-refractivity contribution in [1.82, 2.24) is 0 Å². The van der Waals surface area contributed by atoms with Gasteiger partial charge >= 0.3 is 0 Å². The predicted octanol–water partition coefficient (Wildman–Crippen LogP) is 3.41. The van der Waals surface area contributed by atoms with Crippen LogP contribution in [-0.2, 0) is 4.79 Å². The molecule has 0 spiro atoms. The topological polar surface area (TPSA) is 32.3 Å². The Hall–Kier alpha value is -1.58. The largest absolute Gasteiger partial charge is 0.371 e. The lowest BCUT2D eigenvalue weighted by Crippen LogP contribution is -2.28. The standard InChI is InChI=1S/C15H21FN2O/c1-15(2,3)14(19)17-13-10-11(6-7-12(13)16)18-8-4-5-9-18/h6-7,10H,4-5,8-9H2,1-3H3,(H,17,19). The normalized spacial score (nSPS) is 15.7. The molecule has 1 aliphatic rings. The molecule has 0 radical (unpaired) electrons. The van der Waals surface area contributed by atoms with Crippen LogP contribution in [-0.4, -0.2) is 19.0 Å². The number of nitrogens with zero attached hydrogens (tertiary/aromatic N) is 1. The fraction of sp³-hybridized carbons (Fsp3) is 0.533. The van der Waals surface area contributed by atoms with Gasteiger partial charge in [0.25, 0.3) is 0 Å². The molecule has 1 saturated heterocycles. The maximum absolute atomic E-state index is 13.8. The van der Waals surface area contributed by atoms with E-state index in [9.17, 15) is 9.18 Å². The number of amides is 1. The fourth-order valence-electron chi connectivity index (χ4n) is 2.09. The van der Waals surface area contributed by atoms with Crippen molar-refractivity contribution in [3.63, 3.8) is 0 Å². The number of anilines is 2. The van der Waals surface area contributed by atoms with E-state index in [1.54, 1.807) is 12.1 Å². The van der Waals surface area contributed by atoms with Crippen molar-refractivity contribution < 1.29 is 9.18 Å². The second-order valence-corrected chi connectivity index (χ2v) is 6.06. The molecule has 1 N–H and O–H groups in total. The third-order valence-electron chi connectivity index (χ3n) is 3.35. The summed E-state index contributed by atoms with van der Waals surface area (Å²) in [5, 5.41) is 2.67. The molecule has 1 heterocycles. The van der Waals surface area contributed by atoms with Crippen molar-refractivity contribution in [3.05, 3.63) is 24.0 Å². The highest BCUT2D eigenvalue weighted by Crippen LogP contribution is 2.27. The van der Waals surface area contributed by atoms with E-state index in [-0.39, 0.29) is 17.4 Å². The van der Waals surface area contributed by atoms with Crippen LogP contribution in [0.5, 0.6) is 0 Å². The van der Waals surface area contributed by atoms with Crippen molar-refractivity contribution >= 4 is 17.3 Å². The molecule has 1 fully saturated rings. The highest BCUT2D eigenvalue weighted by Gasteiger charge is 2.23. The summed E-state index contributed by atoms with van der Waals surface area (Å²) in [5.41, 5.74) is 0.711. The molecule has 0 unspecified atom stereocenters. The average Bonchev–Trinajstić information content (AvgIpc) is 2.84. The Morgan fingerprint density at radius 2 is 1.89 bits per heavy atom. The van der Waals surface area contributed by atoms with Crippen LogP contribution in [0.15, 0.2) is 18.2 Å². The first kappa shape index (κ1) is 13.8. The molecule has 104 valence electrons. The lowest BCUT2D eigenvalue weighted by Gasteiger charge is -2.21. The van der Waals surface area contributed by atoms with Gasteiger partial charge in [-0.2, -0.15) is 0 Å². The Kier molecular flexibility index (Phi) is 3.78. The maximum Gasteiger partial charge on any atom is 0.229 e. The van der Waals surface area contributed by atoms with Crippen LogP contribution >= 0.6 is 0 Å². The minimum atomic E-state index is -0.532. The van der Waals surface area contributed by atoms with E-state index in [1.165, 1.54) is 18.9 Å². The monoisotopic (exact) mass is 264 g/mol. The van der Waals surface area contributed by atoms with Crippen molar-refractivity contribution in [2.45, 2.75) is 33.6 Å². The molecule has 0 bridgehead atoms. The summed E-state index contributed by atoms with van der Waals surface area (Å²) in [6, 6.07) is 4.92. The third kappa shape index (κ3) is 3.25. The lowest BCUT2D eigenvalue weighted by atomic mass is 9.95. The van der Waals surface area contributed by atoms with Gasteiger partial charge in [0.2, 0.25) is 5.91 Å². The number of carbonyl (C=O) groups excluding carboxylic acids is 1. The smallest absolute Gasteiger partial charge is 0.229 e. The Bertz CT molecular complexity index is 474. The SMILES string of the molecule is CC(C)(C)C(=O)Nc1cc(N2CCCC2)ccc1F. The van der Waals surface area contributed by atoms with E-state index in [0.29, 0.717) is 0 Å². The molecule has 2 rings (SSSR count). The molecule has 1 aromatic rings. The first-order valence-electron chi connectivity index (χ1n) is 6.74. The van der Waals surface area contributed by atoms with Gasteiger partial charge < -0.3 is 10.2 Å². The van der Waals surface area contributed by atoms with Crippen LogP contribution in [0.2, 0.25) is 0 Å². The van der Waals surface area contributed by atoms with E-state index in [4.69, 9.17) is 0 Å². The van der Waals surface area contributed by atoms with Gasteiger partial charge in [0.1, 0.15) is 5.82 Å². The Morgan fingerprint density at radius 3 is 2.47 bits per heavy atom. The zero-order valence-electron chi connectivity index (χ0n) is 11.8. The quantitative estimate of drug-likeness (QED) is 0.887. The molecule has 0 aliphatic carbocycles. The highest BCUT2D eigenvalue weighted by atomic mass is 19.1. The number of hydrogen-bond acceptors (Lipinski definition) is 2. The third-order valence-corrected chi connectivity index (χ3v) is 3.35. The number of rotatable bonds is 2. The molecule has 1 amide bonds. The fourth-order valence-corrected chi connectivity index (χ4v) is 2.09. The molecule has 0 atom stereocenters. The van der Waals surface area contributed by atoms with Gasteiger partial charge in [0.15, 0.2) is 0 Å². The van der Waals surface area contributed by atoms with Gasteiger partial charge in [-0.05, 0) is 31.0 Å². The van der Waals surface area contributed by atoms with Crippen LogP contribution in [0.3, 0.4) is 0 Å². The number of hydrogen-bond donors (Lipinski definition) is 1. The van der Waals surface area contributed by atoms with Gasteiger partial charge in [-0.15, -0.1) is 0 Å². The van der Waals surface area contributed by atoms with Gasteiger partial charge in [-0.25, -0.2) is 4.39 Å². The summed E-state index contributed by atoms with van der Waals surface area (Å²) >= 11 is 0. The van der Waals surface area contributed by atoms with E-state index in [2.05, 4.69) is 10.2 Å². The number of carbonyl (C=O) groups is 1. The maximum atomic E-state index is 13.8. The summed E-state index contributed by atoms with van der Waals surface area (Å²) in [6.45, 7) is 7.43. The minimum absolute atomic E-state index is 0.176. The first-order valence-corrected chi connectivity index (χ1v) is 6.74.